The monoisotopic (exact) mass is 626 g/mol. The Bertz CT molecular complexity index is 1360. The number of sulfonamides is 1. The number of hydrogen-bond donors (Lipinski definition) is 3. The maximum absolute atomic E-state index is 13.5. The molecule has 2 aromatic rings. The van der Waals surface area contributed by atoms with Crippen LogP contribution in [0.15, 0.2) is 47.4 Å². The SMILES string of the molecule is O=C(C[C@@H]1CCc2cc(C(O)(C(F)(F)F)C(F)(F)F)ccc2N1S(=O)(=O)c1ccc(F)cc1)NCC(O)C(F)(F)F. The molecule has 1 heterocycles. The Morgan fingerprint density at radius 1 is 0.976 bits per heavy atom. The van der Waals surface area contributed by atoms with Crippen LogP contribution in [0.2, 0.25) is 0 Å². The fourth-order valence-corrected chi connectivity index (χ4v) is 5.91. The Kier molecular flexibility index (Phi) is 8.64. The first kappa shape index (κ1) is 32.4. The average molecular weight is 626 g/mol. The normalized spacial score (nSPS) is 17.7. The second kappa shape index (κ2) is 10.9. The number of nitrogens with zero attached hydrogens (tertiary/aromatic N) is 1. The summed E-state index contributed by atoms with van der Waals surface area (Å²) in [5.41, 5.74) is -7.85. The van der Waals surface area contributed by atoms with Crippen LogP contribution in [0.5, 0.6) is 0 Å². The number of aliphatic hydroxyl groups excluding tert-OH is 1. The van der Waals surface area contributed by atoms with Crippen molar-refractivity contribution in [3.05, 3.63) is 59.4 Å². The first-order valence-corrected chi connectivity index (χ1v) is 12.9. The van der Waals surface area contributed by atoms with Crippen molar-refractivity contribution in [2.75, 3.05) is 10.8 Å². The molecule has 2 aromatic carbocycles. The highest BCUT2D eigenvalue weighted by Crippen LogP contribution is 2.51. The number of aryl methyl sites for hydroxylation is 1. The number of anilines is 1. The third-order valence-electron chi connectivity index (χ3n) is 6.30. The molecule has 0 saturated carbocycles. The summed E-state index contributed by atoms with van der Waals surface area (Å²) in [5.74, 6) is -2.02. The minimum Gasteiger partial charge on any atom is -0.382 e. The van der Waals surface area contributed by atoms with Crippen molar-refractivity contribution in [1.82, 2.24) is 5.32 Å². The van der Waals surface area contributed by atoms with Gasteiger partial charge in [-0.1, -0.05) is 12.1 Å². The lowest BCUT2D eigenvalue weighted by Crippen LogP contribution is -2.54. The molecule has 0 bridgehead atoms. The molecule has 0 saturated heterocycles. The molecule has 41 heavy (non-hydrogen) atoms. The van der Waals surface area contributed by atoms with Crippen molar-refractivity contribution < 1.29 is 67.3 Å². The predicted octanol–water partition coefficient (Wildman–Crippen LogP) is 4.08. The van der Waals surface area contributed by atoms with Gasteiger partial charge in [-0.05, 0) is 48.7 Å². The number of carbonyl (C=O) groups is 1. The molecule has 7 nitrogen and oxygen atoms in total. The summed E-state index contributed by atoms with van der Waals surface area (Å²) >= 11 is 0. The lowest BCUT2D eigenvalue weighted by Gasteiger charge is -2.39. The van der Waals surface area contributed by atoms with E-state index in [1.54, 1.807) is 5.32 Å². The quantitative estimate of drug-likeness (QED) is 0.402. The molecule has 3 rings (SSSR count). The Hall–Kier alpha value is -3.12. The zero-order chi connectivity index (χ0) is 31.2. The third-order valence-corrected chi connectivity index (χ3v) is 8.18. The van der Waals surface area contributed by atoms with E-state index in [9.17, 15) is 62.2 Å². The molecule has 18 heteroatoms. The van der Waals surface area contributed by atoms with Crippen LogP contribution < -0.4 is 9.62 Å². The molecule has 1 aliphatic heterocycles. The topological polar surface area (TPSA) is 107 Å². The van der Waals surface area contributed by atoms with Crippen molar-refractivity contribution in [2.24, 2.45) is 0 Å². The maximum Gasteiger partial charge on any atom is 0.430 e. The van der Waals surface area contributed by atoms with Gasteiger partial charge in [0.2, 0.25) is 5.91 Å². The van der Waals surface area contributed by atoms with Crippen LogP contribution >= 0.6 is 0 Å². The molecule has 3 N–H and O–H groups in total. The van der Waals surface area contributed by atoms with Gasteiger partial charge in [0.1, 0.15) is 5.82 Å². The van der Waals surface area contributed by atoms with Gasteiger partial charge in [-0.2, -0.15) is 39.5 Å². The van der Waals surface area contributed by atoms with Gasteiger partial charge in [-0.3, -0.25) is 9.10 Å². The Labute approximate surface area is 225 Å². The number of benzene rings is 2. The van der Waals surface area contributed by atoms with Crippen molar-refractivity contribution >= 4 is 21.6 Å². The average Bonchev–Trinajstić information content (AvgIpc) is 2.84. The largest absolute Gasteiger partial charge is 0.430 e. The maximum atomic E-state index is 13.5. The van der Waals surface area contributed by atoms with E-state index in [1.807, 2.05) is 0 Å². The van der Waals surface area contributed by atoms with Crippen LogP contribution in [0.1, 0.15) is 24.0 Å². The highest BCUT2D eigenvalue weighted by Gasteiger charge is 2.71. The number of amides is 1. The Morgan fingerprint density at radius 3 is 2.05 bits per heavy atom. The molecule has 2 atom stereocenters. The van der Waals surface area contributed by atoms with Crippen molar-refractivity contribution in [1.29, 1.82) is 0 Å². The number of fused-ring (bicyclic) bond motifs is 1. The first-order chi connectivity index (χ1) is 18.6. The lowest BCUT2D eigenvalue weighted by atomic mass is 9.87. The second-order valence-electron chi connectivity index (χ2n) is 9.06. The third kappa shape index (κ3) is 6.38. The van der Waals surface area contributed by atoms with Crippen LogP contribution in [0.3, 0.4) is 0 Å². The lowest BCUT2D eigenvalue weighted by molar-refractivity contribution is -0.376. The molecule has 0 fully saturated rings. The summed E-state index contributed by atoms with van der Waals surface area (Å²) in [5, 5.41) is 20.6. The minimum absolute atomic E-state index is 0.204. The van der Waals surface area contributed by atoms with Gasteiger partial charge in [-0.15, -0.1) is 0 Å². The molecule has 0 aliphatic carbocycles. The highest BCUT2D eigenvalue weighted by molar-refractivity contribution is 7.92. The van der Waals surface area contributed by atoms with Gasteiger partial charge < -0.3 is 15.5 Å². The molecule has 228 valence electrons. The summed E-state index contributed by atoms with van der Waals surface area (Å²) in [6.45, 7) is -1.28. The number of hydrogen-bond acceptors (Lipinski definition) is 5. The van der Waals surface area contributed by atoms with Gasteiger partial charge in [-0.25, -0.2) is 12.8 Å². The molecule has 0 radical (unpaired) electrons. The van der Waals surface area contributed by atoms with Gasteiger partial charge in [0.15, 0.2) is 6.10 Å². The standard InChI is InChI=1S/C23H20F10N2O5S/c24-14-3-6-16(7-4-14)41(39,40)35-15(10-19(37)34-11-18(36)21(25,26)27)5-1-12-9-13(2-8-17(12)35)20(38,22(28,29)30)23(31,32)33/h2-4,6-9,15,18,36,38H,1,5,10-11H2,(H,34,37)/t15-,18?/m0/s1. The Balaban J connectivity index is 2.07. The molecular formula is C23H20F10N2O5S. The number of nitrogens with one attached hydrogen (secondary N) is 1. The van der Waals surface area contributed by atoms with Crippen LogP contribution in [-0.2, 0) is 26.8 Å². The van der Waals surface area contributed by atoms with Crippen molar-refractivity contribution in [3.8, 4) is 0 Å². The van der Waals surface area contributed by atoms with Gasteiger partial charge in [0.05, 0.1) is 23.2 Å². The van der Waals surface area contributed by atoms with E-state index >= 15 is 0 Å². The molecule has 1 unspecified atom stereocenters. The summed E-state index contributed by atoms with van der Waals surface area (Å²) in [6, 6.07) is 2.75. The van der Waals surface area contributed by atoms with E-state index in [0.717, 1.165) is 24.3 Å². The van der Waals surface area contributed by atoms with E-state index in [4.69, 9.17) is 5.11 Å². The van der Waals surface area contributed by atoms with Crippen molar-refractivity contribution in [2.45, 2.75) is 60.4 Å². The predicted molar refractivity (Wildman–Crippen MR) is 120 cm³/mol. The minimum atomic E-state index is -6.23. The van der Waals surface area contributed by atoms with Crippen LogP contribution in [-0.4, -0.2) is 61.8 Å². The van der Waals surface area contributed by atoms with Crippen LogP contribution in [0.25, 0.3) is 0 Å². The van der Waals surface area contributed by atoms with Gasteiger partial charge in [0.25, 0.3) is 15.6 Å². The number of aliphatic hydroxyl groups is 2. The number of alkyl halides is 9. The first-order valence-electron chi connectivity index (χ1n) is 11.4. The molecular weight excluding hydrogens is 606 g/mol. The highest BCUT2D eigenvalue weighted by atomic mass is 32.2. The molecule has 1 aliphatic rings. The van der Waals surface area contributed by atoms with E-state index < -0.39 is 106 Å². The van der Waals surface area contributed by atoms with E-state index in [1.165, 1.54) is 0 Å². The van der Waals surface area contributed by atoms with E-state index in [2.05, 4.69) is 0 Å². The zero-order valence-corrected chi connectivity index (χ0v) is 21.1. The smallest absolute Gasteiger partial charge is 0.382 e. The summed E-state index contributed by atoms with van der Waals surface area (Å²) in [4.78, 5) is 11.8. The van der Waals surface area contributed by atoms with E-state index in [0.29, 0.717) is 16.4 Å². The van der Waals surface area contributed by atoms with Crippen molar-refractivity contribution in [3.63, 3.8) is 0 Å². The van der Waals surface area contributed by atoms with Crippen LogP contribution in [0.4, 0.5) is 49.6 Å². The number of carbonyl (C=O) groups excluding carboxylic acids is 1. The molecule has 1 amide bonds. The van der Waals surface area contributed by atoms with Crippen LogP contribution in [0, 0.1) is 5.82 Å². The molecule has 0 aromatic heterocycles. The zero-order valence-electron chi connectivity index (χ0n) is 20.3. The van der Waals surface area contributed by atoms with Gasteiger partial charge in [0, 0.05) is 12.0 Å². The number of rotatable bonds is 7. The fourth-order valence-electron chi connectivity index (χ4n) is 4.19. The summed E-state index contributed by atoms with van der Waals surface area (Å²) < 4.78 is 159. The van der Waals surface area contributed by atoms with Gasteiger partial charge >= 0.3 is 18.5 Å². The Morgan fingerprint density at radius 2 is 1.54 bits per heavy atom. The second-order valence-corrected chi connectivity index (χ2v) is 10.9. The molecule has 0 spiro atoms. The summed E-state index contributed by atoms with van der Waals surface area (Å²) in [7, 11) is -4.80. The number of halogens is 10. The summed E-state index contributed by atoms with van der Waals surface area (Å²) in [6.07, 6.45) is -22.1. The fraction of sp³-hybridized carbons (Fsp3) is 0.435. The van der Waals surface area contributed by atoms with E-state index in [-0.39, 0.29) is 6.07 Å².